The SMILES string of the molecule is CCC[C@@H](CC)C[C@@H](C)C(=O)C1[C@H]2CCCC[C@H]2C[C@H]1C(=O)O. The molecule has 3 heteroatoms. The van der Waals surface area contributed by atoms with Crippen LogP contribution >= 0.6 is 0 Å². The molecule has 1 unspecified atom stereocenters. The van der Waals surface area contributed by atoms with Crippen LogP contribution in [0.3, 0.4) is 0 Å². The molecule has 6 atom stereocenters. The molecule has 0 aromatic heterocycles. The third kappa shape index (κ3) is 4.16. The molecule has 1 N–H and O–H groups in total. The fraction of sp³-hybridized carbons (Fsp3) is 0.900. The van der Waals surface area contributed by atoms with Crippen LogP contribution < -0.4 is 0 Å². The van der Waals surface area contributed by atoms with Gasteiger partial charge in [-0.2, -0.15) is 0 Å². The van der Waals surface area contributed by atoms with Crippen molar-refractivity contribution in [3.8, 4) is 0 Å². The molecule has 2 aliphatic carbocycles. The van der Waals surface area contributed by atoms with Gasteiger partial charge in [-0.25, -0.2) is 0 Å². The maximum absolute atomic E-state index is 13.1. The Balaban J connectivity index is 2.09. The maximum Gasteiger partial charge on any atom is 0.307 e. The van der Waals surface area contributed by atoms with Crippen molar-refractivity contribution in [1.29, 1.82) is 0 Å². The molecule has 2 saturated carbocycles. The monoisotopic (exact) mass is 322 g/mol. The molecule has 2 aliphatic rings. The van der Waals surface area contributed by atoms with Crippen molar-refractivity contribution in [3.05, 3.63) is 0 Å². The van der Waals surface area contributed by atoms with Gasteiger partial charge in [0, 0.05) is 11.8 Å². The van der Waals surface area contributed by atoms with Crippen molar-refractivity contribution in [3.63, 3.8) is 0 Å². The summed E-state index contributed by atoms with van der Waals surface area (Å²) in [5.74, 6) is 0.294. The van der Waals surface area contributed by atoms with Gasteiger partial charge < -0.3 is 5.11 Å². The summed E-state index contributed by atoms with van der Waals surface area (Å²) in [5, 5.41) is 9.62. The molecule has 0 radical (unpaired) electrons. The Labute approximate surface area is 141 Å². The fourth-order valence-corrected chi connectivity index (χ4v) is 5.28. The van der Waals surface area contributed by atoms with Crippen LogP contribution in [0.5, 0.6) is 0 Å². The first-order valence-corrected chi connectivity index (χ1v) is 9.76. The molecule has 0 amide bonds. The summed E-state index contributed by atoms with van der Waals surface area (Å²) in [7, 11) is 0. The fourth-order valence-electron chi connectivity index (χ4n) is 5.28. The third-order valence-electron chi connectivity index (χ3n) is 6.51. The summed E-state index contributed by atoms with van der Waals surface area (Å²) >= 11 is 0. The molecule has 0 aromatic rings. The number of rotatable bonds is 8. The van der Waals surface area contributed by atoms with Gasteiger partial charge in [0.25, 0.3) is 0 Å². The first-order valence-electron chi connectivity index (χ1n) is 9.76. The number of carboxylic acid groups (broad SMARTS) is 1. The summed E-state index contributed by atoms with van der Waals surface area (Å²) in [5.41, 5.74) is 0. The zero-order valence-corrected chi connectivity index (χ0v) is 15.1. The van der Waals surface area contributed by atoms with Gasteiger partial charge in [0.2, 0.25) is 0 Å². The molecule has 0 spiro atoms. The van der Waals surface area contributed by atoms with E-state index in [1.54, 1.807) is 0 Å². The van der Waals surface area contributed by atoms with Crippen molar-refractivity contribution in [2.24, 2.45) is 35.5 Å². The molecule has 2 fully saturated rings. The molecule has 0 saturated heterocycles. The van der Waals surface area contributed by atoms with E-state index in [9.17, 15) is 14.7 Å². The average Bonchev–Trinajstić information content (AvgIpc) is 2.93. The standard InChI is InChI=1S/C20H34O3/c1-4-8-14(5-2)11-13(3)19(21)18-16-10-7-6-9-15(16)12-17(18)20(22)23/h13-18H,4-12H2,1-3H3,(H,22,23)/t13-,14-,15+,16+,17-,18?/m1/s1. The lowest BCUT2D eigenvalue weighted by Gasteiger charge is -2.31. The van der Waals surface area contributed by atoms with Crippen molar-refractivity contribution >= 4 is 11.8 Å². The zero-order chi connectivity index (χ0) is 17.0. The molecule has 0 aromatic carbocycles. The number of carboxylic acids is 1. The molecule has 3 nitrogen and oxygen atoms in total. The van der Waals surface area contributed by atoms with Crippen LogP contribution in [0, 0.1) is 35.5 Å². The average molecular weight is 322 g/mol. The van der Waals surface area contributed by atoms with Crippen molar-refractivity contribution < 1.29 is 14.7 Å². The summed E-state index contributed by atoms with van der Waals surface area (Å²) in [6.45, 7) is 6.43. The minimum Gasteiger partial charge on any atom is -0.481 e. The highest BCUT2D eigenvalue weighted by atomic mass is 16.4. The lowest BCUT2D eigenvalue weighted by molar-refractivity contribution is -0.147. The minimum absolute atomic E-state index is 0.0130. The Morgan fingerprint density at radius 1 is 1.17 bits per heavy atom. The summed E-state index contributed by atoms with van der Waals surface area (Å²) in [6, 6.07) is 0. The Kier molecular flexibility index (Phi) is 6.67. The van der Waals surface area contributed by atoms with E-state index in [1.165, 1.54) is 19.3 Å². The highest BCUT2D eigenvalue weighted by Gasteiger charge is 2.50. The predicted molar refractivity (Wildman–Crippen MR) is 92.2 cm³/mol. The Morgan fingerprint density at radius 2 is 1.87 bits per heavy atom. The van der Waals surface area contributed by atoms with E-state index in [0.717, 1.165) is 38.5 Å². The van der Waals surface area contributed by atoms with Gasteiger partial charge in [0.05, 0.1) is 5.92 Å². The van der Waals surface area contributed by atoms with E-state index in [2.05, 4.69) is 13.8 Å². The highest BCUT2D eigenvalue weighted by Crippen LogP contribution is 2.50. The Hall–Kier alpha value is -0.860. The first-order chi connectivity index (χ1) is 11.0. The van der Waals surface area contributed by atoms with Crippen molar-refractivity contribution in [2.75, 3.05) is 0 Å². The van der Waals surface area contributed by atoms with Crippen LogP contribution in [-0.4, -0.2) is 16.9 Å². The maximum atomic E-state index is 13.1. The van der Waals surface area contributed by atoms with E-state index >= 15 is 0 Å². The molecular formula is C20H34O3. The van der Waals surface area contributed by atoms with Crippen LogP contribution in [0.15, 0.2) is 0 Å². The second-order valence-electron chi connectivity index (χ2n) is 8.02. The topological polar surface area (TPSA) is 54.4 Å². The van der Waals surface area contributed by atoms with Crippen molar-refractivity contribution in [2.45, 2.75) is 78.6 Å². The predicted octanol–water partition coefficient (Wildman–Crippen LogP) is 4.94. The van der Waals surface area contributed by atoms with E-state index in [4.69, 9.17) is 0 Å². The van der Waals surface area contributed by atoms with E-state index < -0.39 is 11.9 Å². The zero-order valence-electron chi connectivity index (χ0n) is 15.1. The van der Waals surface area contributed by atoms with Crippen LogP contribution in [0.4, 0.5) is 0 Å². The highest BCUT2D eigenvalue weighted by molar-refractivity contribution is 5.88. The van der Waals surface area contributed by atoms with E-state index in [0.29, 0.717) is 17.8 Å². The lowest BCUT2D eigenvalue weighted by atomic mass is 9.73. The van der Waals surface area contributed by atoms with Gasteiger partial charge >= 0.3 is 5.97 Å². The number of ketones is 1. The van der Waals surface area contributed by atoms with Crippen LogP contribution in [0.2, 0.25) is 0 Å². The smallest absolute Gasteiger partial charge is 0.307 e. The van der Waals surface area contributed by atoms with Gasteiger partial charge in [-0.05, 0) is 37.0 Å². The van der Waals surface area contributed by atoms with Crippen LogP contribution in [0.25, 0.3) is 0 Å². The number of hydrogen-bond acceptors (Lipinski definition) is 2. The quantitative estimate of drug-likeness (QED) is 0.689. The summed E-state index contributed by atoms with van der Waals surface area (Å²) < 4.78 is 0. The number of carbonyl (C=O) groups is 2. The van der Waals surface area contributed by atoms with Gasteiger partial charge in [0.15, 0.2) is 0 Å². The Morgan fingerprint density at radius 3 is 2.48 bits per heavy atom. The molecule has 23 heavy (non-hydrogen) atoms. The van der Waals surface area contributed by atoms with Gasteiger partial charge in [-0.1, -0.05) is 59.3 Å². The third-order valence-corrected chi connectivity index (χ3v) is 6.51. The largest absolute Gasteiger partial charge is 0.481 e. The second-order valence-corrected chi connectivity index (χ2v) is 8.02. The molecule has 2 rings (SSSR count). The molecule has 132 valence electrons. The molecular weight excluding hydrogens is 288 g/mol. The number of fused-ring (bicyclic) bond motifs is 1. The van der Waals surface area contributed by atoms with Gasteiger partial charge in [-0.3, -0.25) is 9.59 Å². The van der Waals surface area contributed by atoms with Crippen LogP contribution in [0.1, 0.15) is 78.6 Å². The molecule has 0 heterocycles. The van der Waals surface area contributed by atoms with E-state index in [1.807, 2.05) is 6.92 Å². The number of Topliss-reactive ketones (excluding diaryl/α,β-unsaturated/α-hetero) is 1. The minimum atomic E-state index is -0.745. The summed E-state index contributed by atoms with van der Waals surface area (Å²) in [4.78, 5) is 24.8. The van der Waals surface area contributed by atoms with Gasteiger partial charge in [0.1, 0.15) is 5.78 Å². The lowest BCUT2D eigenvalue weighted by Crippen LogP contribution is -2.35. The first kappa shape index (κ1) is 18.5. The Bertz CT molecular complexity index is 417. The summed E-state index contributed by atoms with van der Waals surface area (Å²) in [6.07, 6.45) is 9.67. The normalized spacial score (nSPS) is 33.0. The second kappa shape index (κ2) is 8.30. The van der Waals surface area contributed by atoms with Crippen molar-refractivity contribution in [1.82, 2.24) is 0 Å². The molecule has 0 aliphatic heterocycles. The van der Waals surface area contributed by atoms with Crippen LogP contribution in [-0.2, 0) is 9.59 Å². The van der Waals surface area contributed by atoms with Gasteiger partial charge in [-0.15, -0.1) is 0 Å². The number of aliphatic carboxylic acids is 1. The number of hydrogen-bond donors (Lipinski definition) is 1. The molecule has 0 bridgehead atoms. The number of carbonyl (C=O) groups excluding carboxylic acids is 1. The van der Waals surface area contributed by atoms with E-state index in [-0.39, 0.29) is 17.6 Å².